The first-order valence-electron chi connectivity index (χ1n) is 9.18. The van der Waals surface area contributed by atoms with Gasteiger partial charge in [0.2, 0.25) is 0 Å². The monoisotopic (exact) mass is 380 g/mol. The van der Waals surface area contributed by atoms with Crippen molar-refractivity contribution in [2.24, 2.45) is 0 Å². The number of fused-ring (bicyclic) bond motifs is 2. The predicted molar refractivity (Wildman–Crippen MR) is 110 cm³/mol. The highest BCUT2D eigenvalue weighted by atomic mass is 15.1. The maximum atomic E-state index is 9.27. The van der Waals surface area contributed by atoms with E-state index in [0.29, 0.717) is 30.0 Å². The van der Waals surface area contributed by atoms with Crippen molar-refractivity contribution in [1.82, 2.24) is 29.5 Å². The van der Waals surface area contributed by atoms with Gasteiger partial charge in [0.1, 0.15) is 17.7 Å². The molecular formula is C21H16N8. The number of imidazole rings is 2. The lowest BCUT2D eigenvalue weighted by molar-refractivity contribution is 0.868. The van der Waals surface area contributed by atoms with Gasteiger partial charge < -0.3 is 10.3 Å². The lowest BCUT2D eigenvalue weighted by atomic mass is 10.2. The molecule has 0 aliphatic rings. The predicted octanol–water partition coefficient (Wildman–Crippen LogP) is 3.22. The second-order valence-electron chi connectivity index (χ2n) is 6.51. The second-order valence-corrected chi connectivity index (χ2v) is 6.51. The standard InChI is InChI=1S/C21H16N8/c22-11-14-4-3-5-15(10-14)29-17-7-2-1-6-16(17)28-18(29)8-9-23-20-19-21(25-12-24-19)27-13-26-20/h1-7,10,12-13H,8-9H2,(H2,23,24,25,26,27). The Hall–Kier alpha value is -4.25. The fourth-order valence-corrected chi connectivity index (χ4v) is 3.44. The molecule has 0 amide bonds. The molecule has 0 saturated heterocycles. The van der Waals surface area contributed by atoms with Gasteiger partial charge in [-0.15, -0.1) is 0 Å². The van der Waals surface area contributed by atoms with Crippen LogP contribution in [-0.4, -0.2) is 36.0 Å². The molecule has 0 unspecified atom stereocenters. The summed E-state index contributed by atoms with van der Waals surface area (Å²) < 4.78 is 2.10. The zero-order chi connectivity index (χ0) is 19.6. The normalized spacial score (nSPS) is 11.0. The molecule has 0 bridgehead atoms. The Balaban J connectivity index is 1.48. The molecule has 0 saturated carbocycles. The van der Waals surface area contributed by atoms with Crippen LogP contribution in [0, 0.1) is 11.3 Å². The number of hydrogen-bond donors (Lipinski definition) is 2. The highest BCUT2D eigenvalue weighted by Gasteiger charge is 2.13. The number of para-hydroxylation sites is 2. The zero-order valence-electron chi connectivity index (χ0n) is 15.4. The van der Waals surface area contributed by atoms with E-state index in [1.165, 1.54) is 6.33 Å². The molecule has 5 aromatic rings. The van der Waals surface area contributed by atoms with Crippen molar-refractivity contribution in [2.45, 2.75) is 6.42 Å². The third-order valence-corrected chi connectivity index (χ3v) is 4.73. The van der Waals surface area contributed by atoms with E-state index in [-0.39, 0.29) is 0 Å². The third kappa shape index (κ3) is 3.04. The number of nitrogens with one attached hydrogen (secondary N) is 2. The molecule has 140 valence electrons. The first-order chi connectivity index (χ1) is 14.3. The Labute approximate surface area is 165 Å². The Morgan fingerprint density at radius 1 is 1.07 bits per heavy atom. The summed E-state index contributed by atoms with van der Waals surface area (Å²) in [6.45, 7) is 0.631. The number of hydrogen-bond acceptors (Lipinski definition) is 6. The van der Waals surface area contributed by atoms with Crippen molar-refractivity contribution in [1.29, 1.82) is 5.26 Å². The molecule has 0 fully saturated rings. The van der Waals surface area contributed by atoms with Crippen molar-refractivity contribution in [3.8, 4) is 11.8 Å². The van der Waals surface area contributed by atoms with Gasteiger partial charge in [-0.1, -0.05) is 18.2 Å². The number of H-pyrrole nitrogens is 1. The maximum absolute atomic E-state index is 9.27. The highest BCUT2D eigenvalue weighted by Crippen LogP contribution is 2.23. The van der Waals surface area contributed by atoms with Crippen LogP contribution < -0.4 is 5.32 Å². The summed E-state index contributed by atoms with van der Waals surface area (Å²) in [5, 5.41) is 12.6. The summed E-state index contributed by atoms with van der Waals surface area (Å²) in [5.74, 6) is 1.62. The van der Waals surface area contributed by atoms with Crippen LogP contribution in [0.25, 0.3) is 27.9 Å². The van der Waals surface area contributed by atoms with E-state index in [0.717, 1.165) is 28.1 Å². The number of anilines is 1. The summed E-state index contributed by atoms with van der Waals surface area (Å²) in [5.41, 5.74) is 4.88. The largest absolute Gasteiger partial charge is 0.368 e. The van der Waals surface area contributed by atoms with E-state index < -0.39 is 0 Å². The van der Waals surface area contributed by atoms with E-state index in [9.17, 15) is 5.26 Å². The first-order valence-corrected chi connectivity index (χ1v) is 9.18. The minimum atomic E-state index is 0.618. The summed E-state index contributed by atoms with van der Waals surface area (Å²) in [6.07, 6.45) is 3.77. The third-order valence-electron chi connectivity index (χ3n) is 4.73. The van der Waals surface area contributed by atoms with Crippen LogP contribution in [0.4, 0.5) is 5.82 Å². The number of rotatable bonds is 5. The molecule has 0 aliphatic heterocycles. The van der Waals surface area contributed by atoms with Crippen LogP contribution in [0.2, 0.25) is 0 Å². The minimum Gasteiger partial charge on any atom is -0.368 e. The average Bonchev–Trinajstić information content (AvgIpc) is 3.38. The Morgan fingerprint density at radius 2 is 2.00 bits per heavy atom. The highest BCUT2D eigenvalue weighted by molar-refractivity contribution is 5.82. The van der Waals surface area contributed by atoms with Gasteiger partial charge in [-0.3, -0.25) is 4.57 Å². The van der Waals surface area contributed by atoms with Gasteiger partial charge in [0, 0.05) is 18.7 Å². The molecule has 5 rings (SSSR count). The van der Waals surface area contributed by atoms with Crippen LogP contribution in [0.5, 0.6) is 0 Å². The van der Waals surface area contributed by atoms with E-state index in [2.05, 4.69) is 35.9 Å². The quantitative estimate of drug-likeness (QED) is 0.485. The van der Waals surface area contributed by atoms with E-state index in [4.69, 9.17) is 4.98 Å². The van der Waals surface area contributed by atoms with Gasteiger partial charge in [0.25, 0.3) is 0 Å². The Bertz CT molecular complexity index is 1360. The van der Waals surface area contributed by atoms with Crippen LogP contribution in [0.3, 0.4) is 0 Å². The van der Waals surface area contributed by atoms with Crippen molar-refractivity contribution >= 4 is 28.0 Å². The first kappa shape index (κ1) is 16.9. The van der Waals surface area contributed by atoms with Crippen LogP contribution in [0.15, 0.2) is 61.2 Å². The number of aromatic nitrogens is 6. The van der Waals surface area contributed by atoms with Crippen molar-refractivity contribution in [2.75, 3.05) is 11.9 Å². The van der Waals surface area contributed by atoms with E-state index in [1.807, 2.05) is 42.5 Å². The number of nitrogens with zero attached hydrogens (tertiary/aromatic N) is 6. The summed E-state index contributed by atoms with van der Waals surface area (Å²) >= 11 is 0. The molecule has 2 aromatic carbocycles. The van der Waals surface area contributed by atoms with Gasteiger partial charge in [-0.2, -0.15) is 5.26 Å². The van der Waals surface area contributed by atoms with E-state index >= 15 is 0 Å². The van der Waals surface area contributed by atoms with Gasteiger partial charge in [-0.05, 0) is 30.3 Å². The fourth-order valence-electron chi connectivity index (χ4n) is 3.44. The summed E-state index contributed by atoms with van der Waals surface area (Å²) in [7, 11) is 0. The van der Waals surface area contributed by atoms with Crippen molar-refractivity contribution in [3.63, 3.8) is 0 Å². The number of nitriles is 1. The van der Waals surface area contributed by atoms with Crippen LogP contribution in [-0.2, 0) is 6.42 Å². The Kier molecular flexibility index (Phi) is 4.11. The van der Waals surface area contributed by atoms with Gasteiger partial charge in [0.15, 0.2) is 11.5 Å². The Morgan fingerprint density at radius 3 is 2.93 bits per heavy atom. The van der Waals surface area contributed by atoms with Crippen LogP contribution in [0.1, 0.15) is 11.4 Å². The lowest BCUT2D eigenvalue weighted by Crippen LogP contribution is -2.11. The van der Waals surface area contributed by atoms with Gasteiger partial charge in [0.05, 0.1) is 29.0 Å². The molecule has 8 nitrogen and oxygen atoms in total. The SMILES string of the molecule is N#Cc1cccc(-n2c(CCNc3ncnc4nc[nH]c34)nc3ccccc32)c1. The van der Waals surface area contributed by atoms with Gasteiger partial charge in [-0.25, -0.2) is 19.9 Å². The van der Waals surface area contributed by atoms with Crippen molar-refractivity contribution in [3.05, 3.63) is 72.6 Å². The molecular weight excluding hydrogens is 364 g/mol. The maximum Gasteiger partial charge on any atom is 0.182 e. The minimum absolute atomic E-state index is 0.618. The lowest BCUT2D eigenvalue weighted by Gasteiger charge is -2.11. The molecule has 0 atom stereocenters. The summed E-state index contributed by atoms with van der Waals surface area (Å²) in [6, 6.07) is 17.8. The summed E-state index contributed by atoms with van der Waals surface area (Å²) in [4.78, 5) is 20.5. The van der Waals surface area contributed by atoms with Crippen LogP contribution >= 0.6 is 0 Å². The molecule has 0 radical (unpaired) electrons. The number of aromatic amines is 1. The molecule has 3 aromatic heterocycles. The van der Waals surface area contributed by atoms with Crippen molar-refractivity contribution < 1.29 is 0 Å². The molecule has 2 N–H and O–H groups in total. The fraction of sp³-hybridized carbons (Fsp3) is 0.0952. The smallest absolute Gasteiger partial charge is 0.182 e. The zero-order valence-corrected chi connectivity index (χ0v) is 15.4. The average molecular weight is 380 g/mol. The molecule has 0 spiro atoms. The molecule has 8 heteroatoms. The molecule has 0 aliphatic carbocycles. The molecule has 3 heterocycles. The van der Waals surface area contributed by atoms with E-state index in [1.54, 1.807) is 12.4 Å². The number of benzene rings is 2. The topological polar surface area (TPSA) is 108 Å². The second kappa shape index (κ2) is 7.05. The molecule has 29 heavy (non-hydrogen) atoms. The van der Waals surface area contributed by atoms with Gasteiger partial charge >= 0.3 is 0 Å².